The number of hydrogen-bond acceptors (Lipinski definition) is 3. The van der Waals surface area contributed by atoms with Crippen molar-refractivity contribution in [1.29, 1.82) is 0 Å². The Morgan fingerprint density at radius 2 is 1.86 bits per heavy atom. The summed E-state index contributed by atoms with van der Waals surface area (Å²) in [6.07, 6.45) is 5.22. The first kappa shape index (κ1) is 17.3. The number of hydrogen-bond donors (Lipinski definition) is 2. The molecular weight excluding hydrogens is 282 g/mol. The van der Waals surface area contributed by atoms with Gasteiger partial charge in [0.15, 0.2) is 0 Å². The fourth-order valence-corrected chi connectivity index (χ4v) is 4.21. The Labute approximate surface area is 132 Å². The van der Waals surface area contributed by atoms with E-state index >= 15 is 0 Å². The third-order valence-corrected chi connectivity index (χ3v) is 6.07. The molecule has 5 heteroatoms. The molecule has 2 fully saturated rings. The third-order valence-electron chi connectivity index (χ3n) is 6.07. The number of nitrogens with one attached hydrogen (secondary N) is 1. The summed E-state index contributed by atoms with van der Waals surface area (Å²) in [5, 5.41) is 12.4. The molecule has 2 aliphatic rings. The summed E-state index contributed by atoms with van der Waals surface area (Å²) in [5.41, 5.74) is -0.810. The van der Waals surface area contributed by atoms with Crippen LogP contribution in [-0.4, -0.2) is 35.7 Å². The van der Waals surface area contributed by atoms with Crippen LogP contribution in [0, 0.1) is 10.8 Å². The predicted molar refractivity (Wildman–Crippen MR) is 83.5 cm³/mol. The first-order chi connectivity index (χ1) is 10.4. The van der Waals surface area contributed by atoms with Crippen molar-refractivity contribution in [2.24, 2.45) is 10.8 Å². The van der Waals surface area contributed by atoms with Gasteiger partial charge in [-0.15, -0.1) is 0 Å². The van der Waals surface area contributed by atoms with Crippen molar-refractivity contribution in [3.8, 4) is 0 Å². The van der Waals surface area contributed by atoms with Gasteiger partial charge < -0.3 is 15.2 Å². The monoisotopic (exact) mass is 311 g/mol. The van der Waals surface area contributed by atoms with Crippen molar-refractivity contribution in [1.82, 2.24) is 5.32 Å². The molecule has 0 aromatic carbocycles. The molecule has 1 amide bonds. The summed E-state index contributed by atoms with van der Waals surface area (Å²) in [7, 11) is 0. The minimum Gasteiger partial charge on any atom is -0.481 e. The lowest BCUT2D eigenvalue weighted by molar-refractivity contribution is -0.161. The Morgan fingerprint density at radius 1 is 1.23 bits per heavy atom. The van der Waals surface area contributed by atoms with E-state index in [4.69, 9.17) is 4.74 Å². The number of carbonyl (C=O) groups is 2. The van der Waals surface area contributed by atoms with Gasteiger partial charge in [-0.1, -0.05) is 20.3 Å². The van der Waals surface area contributed by atoms with Gasteiger partial charge in [0.05, 0.1) is 11.5 Å². The highest BCUT2D eigenvalue weighted by Crippen LogP contribution is 2.49. The Morgan fingerprint density at radius 3 is 2.27 bits per heavy atom. The predicted octanol–water partition coefficient (Wildman–Crippen LogP) is 2.73. The number of rotatable bonds is 8. The van der Waals surface area contributed by atoms with Gasteiger partial charge in [-0.2, -0.15) is 0 Å². The van der Waals surface area contributed by atoms with E-state index in [1.807, 2.05) is 6.92 Å². The molecule has 0 aromatic rings. The zero-order valence-corrected chi connectivity index (χ0v) is 14.0. The molecule has 0 radical (unpaired) electrons. The number of carboxylic acids is 1. The average Bonchev–Trinajstić information content (AvgIpc) is 2.43. The smallest absolute Gasteiger partial charge is 0.310 e. The van der Waals surface area contributed by atoms with Gasteiger partial charge in [-0.05, 0) is 39.0 Å². The van der Waals surface area contributed by atoms with Crippen molar-refractivity contribution >= 4 is 11.9 Å². The molecule has 2 N–H and O–H groups in total. The van der Waals surface area contributed by atoms with Crippen LogP contribution in [-0.2, 0) is 14.3 Å². The zero-order chi connectivity index (χ0) is 16.4. The van der Waals surface area contributed by atoms with Gasteiger partial charge in [0.2, 0.25) is 5.91 Å². The molecule has 0 aromatic heterocycles. The first-order valence-electron chi connectivity index (χ1n) is 8.58. The lowest BCUT2D eigenvalue weighted by Gasteiger charge is -2.55. The van der Waals surface area contributed by atoms with E-state index in [1.54, 1.807) is 0 Å². The molecule has 2 rings (SSSR count). The molecule has 0 saturated heterocycles. The summed E-state index contributed by atoms with van der Waals surface area (Å²) in [6.45, 7) is 6.96. The quantitative estimate of drug-likeness (QED) is 0.722. The molecule has 2 unspecified atom stereocenters. The van der Waals surface area contributed by atoms with Crippen LogP contribution in [0.5, 0.6) is 0 Å². The molecule has 5 nitrogen and oxygen atoms in total. The van der Waals surface area contributed by atoms with Crippen molar-refractivity contribution in [3.05, 3.63) is 0 Å². The van der Waals surface area contributed by atoms with Crippen LogP contribution >= 0.6 is 0 Å². The van der Waals surface area contributed by atoms with E-state index in [2.05, 4.69) is 19.2 Å². The number of ether oxygens (including phenoxy) is 1. The molecule has 2 atom stereocenters. The fourth-order valence-electron chi connectivity index (χ4n) is 4.21. The Kier molecular flexibility index (Phi) is 5.15. The molecule has 2 aliphatic carbocycles. The number of carboxylic acid groups (broad SMARTS) is 1. The normalized spacial score (nSPS) is 28.3. The van der Waals surface area contributed by atoms with Crippen LogP contribution in [0.25, 0.3) is 0 Å². The summed E-state index contributed by atoms with van der Waals surface area (Å²) >= 11 is 0. The lowest BCUT2D eigenvalue weighted by Crippen LogP contribution is -2.64. The van der Waals surface area contributed by atoms with Crippen molar-refractivity contribution in [2.45, 2.75) is 77.9 Å². The van der Waals surface area contributed by atoms with Crippen LogP contribution in [0.15, 0.2) is 0 Å². The van der Waals surface area contributed by atoms with Gasteiger partial charge >= 0.3 is 5.97 Å². The van der Waals surface area contributed by atoms with E-state index in [0.29, 0.717) is 19.4 Å². The van der Waals surface area contributed by atoms with Crippen LogP contribution in [0.2, 0.25) is 0 Å². The second kappa shape index (κ2) is 6.57. The Hall–Kier alpha value is -1.10. The van der Waals surface area contributed by atoms with Gasteiger partial charge in [0, 0.05) is 24.5 Å². The molecule has 0 aliphatic heterocycles. The maximum atomic E-state index is 12.3. The number of carbonyl (C=O) groups excluding carboxylic acids is 1. The van der Waals surface area contributed by atoms with Crippen LogP contribution in [0.4, 0.5) is 0 Å². The molecular formula is C17H29NO4. The highest BCUT2D eigenvalue weighted by molar-refractivity contribution is 5.85. The van der Waals surface area contributed by atoms with E-state index in [0.717, 1.165) is 25.7 Å². The minimum absolute atomic E-state index is 0.00166. The average molecular weight is 311 g/mol. The van der Waals surface area contributed by atoms with Crippen molar-refractivity contribution in [2.75, 3.05) is 6.61 Å². The van der Waals surface area contributed by atoms with Gasteiger partial charge in [-0.3, -0.25) is 9.59 Å². The van der Waals surface area contributed by atoms with E-state index < -0.39 is 11.4 Å². The Bertz CT molecular complexity index is 426. The van der Waals surface area contributed by atoms with Gasteiger partial charge in [0.25, 0.3) is 0 Å². The summed E-state index contributed by atoms with van der Waals surface area (Å²) < 4.78 is 5.81. The molecule has 0 heterocycles. The summed E-state index contributed by atoms with van der Waals surface area (Å²) in [6, 6.07) is 0.109. The summed E-state index contributed by atoms with van der Waals surface area (Å²) in [5.74, 6) is -0.944. The molecule has 126 valence electrons. The highest BCUT2D eigenvalue weighted by atomic mass is 16.5. The maximum absolute atomic E-state index is 12.3. The van der Waals surface area contributed by atoms with Crippen molar-refractivity contribution < 1.29 is 19.4 Å². The van der Waals surface area contributed by atoms with Crippen molar-refractivity contribution in [3.63, 3.8) is 0 Å². The van der Waals surface area contributed by atoms with E-state index in [1.165, 1.54) is 0 Å². The topological polar surface area (TPSA) is 75.6 Å². The minimum atomic E-state index is -0.827. The third kappa shape index (κ3) is 2.75. The second-order valence-corrected chi connectivity index (χ2v) is 6.86. The van der Waals surface area contributed by atoms with Crippen LogP contribution < -0.4 is 5.32 Å². The molecule has 0 spiro atoms. The van der Waals surface area contributed by atoms with E-state index in [9.17, 15) is 14.7 Å². The lowest BCUT2D eigenvalue weighted by atomic mass is 9.58. The van der Waals surface area contributed by atoms with Gasteiger partial charge in [0.1, 0.15) is 0 Å². The molecule has 22 heavy (non-hydrogen) atoms. The standard InChI is InChI=1S/C17H29NO4/c1-4-17(5-2)12(10-13(17)22-6-3)18-14(19)11-16(15(20)21)8-7-9-16/h12-13H,4-11H2,1-3H3,(H,18,19)(H,20,21). The number of aliphatic carboxylic acids is 1. The number of amides is 1. The zero-order valence-electron chi connectivity index (χ0n) is 14.0. The van der Waals surface area contributed by atoms with Crippen LogP contribution in [0.1, 0.15) is 65.7 Å². The molecule has 0 bridgehead atoms. The molecule has 2 saturated carbocycles. The largest absolute Gasteiger partial charge is 0.481 e. The summed E-state index contributed by atoms with van der Waals surface area (Å²) in [4.78, 5) is 23.7. The SMILES string of the molecule is CCOC1CC(NC(=O)CC2(C(=O)O)CCC2)C1(CC)CC. The maximum Gasteiger partial charge on any atom is 0.310 e. The first-order valence-corrected chi connectivity index (χ1v) is 8.58. The Balaban J connectivity index is 1.95. The fraction of sp³-hybridized carbons (Fsp3) is 0.882. The van der Waals surface area contributed by atoms with E-state index in [-0.39, 0.29) is 29.9 Å². The van der Waals surface area contributed by atoms with Crippen LogP contribution in [0.3, 0.4) is 0 Å². The second-order valence-electron chi connectivity index (χ2n) is 6.86. The van der Waals surface area contributed by atoms with Gasteiger partial charge in [-0.25, -0.2) is 0 Å². The highest BCUT2D eigenvalue weighted by Gasteiger charge is 2.54.